The van der Waals surface area contributed by atoms with Crippen LogP contribution in [0.4, 0.5) is 0 Å². The maximum absolute atomic E-state index is 13.8. The summed E-state index contributed by atoms with van der Waals surface area (Å²) >= 11 is 0. The lowest BCUT2D eigenvalue weighted by Gasteiger charge is -2.42. The van der Waals surface area contributed by atoms with E-state index in [1.54, 1.807) is 20.1 Å². The number of carbonyl (C=O) groups is 1. The standard InChI is InChI=1S/C27H34O7/c1-14(2)8-9-16-10-11-18(28)21(23(16)30)24(31)20-19(29)12-15(3)25-22(20)26(32-6)17(13-34-25)27(4,5)33-7/h8,10-12,17,26,28-30H,9,13H2,1-7H3. The first-order valence-electron chi connectivity index (χ1n) is 11.2. The number of phenols is 3. The average molecular weight is 471 g/mol. The van der Waals surface area contributed by atoms with Gasteiger partial charge in [-0.2, -0.15) is 0 Å². The first-order chi connectivity index (χ1) is 15.9. The minimum absolute atomic E-state index is 0.0750. The number of aryl methyl sites for hydroxylation is 1. The van der Waals surface area contributed by atoms with E-state index >= 15 is 0 Å². The van der Waals surface area contributed by atoms with Crippen LogP contribution >= 0.6 is 0 Å². The Balaban J connectivity index is 2.24. The Labute approximate surface area is 200 Å². The molecule has 0 spiro atoms. The van der Waals surface area contributed by atoms with Crippen LogP contribution in [0.25, 0.3) is 0 Å². The van der Waals surface area contributed by atoms with E-state index in [9.17, 15) is 20.1 Å². The van der Waals surface area contributed by atoms with Gasteiger partial charge in [0.2, 0.25) is 5.78 Å². The van der Waals surface area contributed by atoms with E-state index in [0.717, 1.165) is 5.57 Å². The number of carbonyl (C=O) groups excluding carboxylic acids is 1. The second-order valence-corrected chi connectivity index (χ2v) is 9.49. The lowest BCUT2D eigenvalue weighted by molar-refractivity contribution is -0.110. The van der Waals surface area contributed by atoms with E-state index in [4.69, 9.17) is 14.2 Å². The molecule has 3 rings (SSSR count). The molecule has 0 saturated carbocycles. The first kappa shape index (κ1) is 25.6. The average Bonchev–Trinajstić information content (AvgIpc) is 2.77. The molecule has 1 heterocycles. The number of rotatable bonds is 7. The second-order valence-electron chi connectivity index (χ2n) is 9.49. The van der Waals surface area contributed by atoms with Crippen LogP contribution in [0.5, 0.6) is 23.0 Å². The van der Waals surface area contributed by atoms with Crippen molar-refractivity contribution in [2.75, 3.05) is 20.8 Å². The van der Waals surface area contributed by atoms with Crippen LogP contribution in [0.15, 0.2) is 29.8 Å². The molecule has 0 fully saturated rings. The lowest BCUT2D eigenvalue weighted by atomic mass is 9.78. The molecule has 1 aliphatic rings. The van der Waals surface area contributed by atoms with Crippen molar-refractivity contribution in [1.82, 2.24) is 0 Å². The van der Waals surface area contributed by atoms with E-state index in [-0.39, 0.29) is 34.3 Å². The first-order valence-corrected chi connectivity index (χ1v) is 11.2. The number of phenolic OH excluding ortho intramolecular Hbond substituents is 3. The smallest absolute Gasteiger partial charge is 0.204 e. The number of aromatic hydroxyl groups is 3. The Morgan fingerprint density at radius 2 is 1.82 bits per heavy atom. The Bertz CT molecular complexity index is 1130. The van der Waals surface area contributed by atoms with Gasteiger partial charge in [-0.25, -0.2) is 0 Å². The highest BCUT2D eigenvalue weighted by atomic mass is 16.5. The molecule has 0 aliphatic carbocycles. The van der Waals surface area contributed by atoms with Gasteiger partial charge >= 0.3 is 0 Å². The molecule has 0 bridgehead atoms. The zero-order valence-electron chi connectivity index (χ0n) is 20.9. The highest BCUT2D eigenvalue weighted by Crippen LogP contribution is 2.49. The summed E-state index contributed by atoms with van der Waals surface area (Å²) in [5, 5.41) is 32.4. The number of fused-ring (bicyclic) bond motifs is 1. The number of hydrogen-bond donors (Lipinski definition) is 3. The molecule has 3 N–H and O–H groups in total. The molecule has 184 valence electrons. The Morgan fingerprint density at radius 1 is 1.15 bits per heavy atom. The van der Waals surface area contributed by atoms with E-state index in [0.29, 0.717) is 35.5 Å². The van der Waals surface area contributed by atoms with Crippen molar-refractivity contribution < 1.29 is 34.3 Å². The molecule has 2 unspecified atom stereocenters. The lowest BCUT2D eigenvalue weighted by Crippen LogP contribution is -2.44. The van der Waals surface area contributed by atoms with Crippen LogP contribution < -0.4 is 4.74 Å². The molecule has 0 saturated heterocycles. The molecular formula is C27H34O7. The summed E-state index contributed by atoms with van der Waals surface area (Å²) < 4.78 is 17.6. The normalized spacial score (nSPS) is 17.6. The summed E-state index contributed by atoms with van der Waals surface area (Å²) in [6.45, 7) is 9.74. The summed E-state index contributed by atoms with van der Waals surface area (Å²) in [5.74, 6) is -1.56. The van der Waals surface area contributed by atoms with Gasteiger partial charge in [0.1, 0.15) is 28.6 Å². The minimum atomic E-state index is -0.718. The van der Waals surface area contributed by atoms with Gasteiger partial charge in [-0.15, -0.1) is 0 Å². The summed E-state index contributed by atoms with van der Waals surface area (Å²) in [7, 11) is 3.12. The number of ketones is 1. The van der Waals surface area contributed by atoms with Crippen molar-refractivity contribution in [1.29, 1.82) is 0 Å². The topological polar surface area (TPSA) is 105 Å². The third-order valence-electron chi connectivity index (χ3n) is 6.64. The zero-order valence-corrected chi connectivity index (χ0v) is 20.9. The van der Waals surface area contributed by atoms with Crippen molar-refractivity contribution in [3.63, 3.8) is 0 Å². The largest absolute Gasteiger partial charge is 0.507 e. The van der Waals surface area contributed by atoms with E-state index in [1.807, 2.05) is 33.8 Å². The number of allylic oxidation sites excluding steroid dienone is 2. The molecule has 2 aromatic carbocycles. The van der Waals surface area contributed by atoms with Gasteiger partial charge in [0.15, 0.2) is 0 Å². The fraction of sp³-hybridized carbons (Fsp3) is 0.444. The van der Waals surface area contributed by atoms with Crippen LogP contribution in [-0.4, -0.2) is 47.5 Å². The minimum Gasteiger partial charge on any atom is -0.507 e. The highest BCUT2D eigenvalue weighted by molar-refractivity contribution is 6.15. The third-order valence-corrected chi connectivity index (χ3v) is 6.64. The van der Waals surface area contributed by atoms with E-state index in [1.165, 1.54) is 19.2 Å². The zero-order chi connectivity index (χ0) is 25.4. The maximum Gasteiger partial charge on any atom is 0.204 e. The molecule has 2 aromatic rings. The van der Waals surface area contributed by atoms with Gasteiger partial charge in [0.25, 0.3) is 0 Å². The summed E-state index contributed by atoms with van der Waals surface area (Å²) in [6, 6.07) is 4.39. The van der Waals surface area contributed by atoms with Crippen LogP contribution in [0.3, 0.4) is 0 Å². The Morgan fingerprint density at radius 3 is 2.41 bits per heavy atom. The van der Waals surface area contributed by atoms with Crippen LogP contribution in [-0.2, 0) is 15.9 Å². The summed E-state index contributed by atoms with van der Waals surface area (Å²) in [6.07, 6.45) is 1.67. The fourth-order valence-electron chi connectivity index (χ4n) is 4.42. The predicted molar refractivity (Wildman–Crippen MR) is 129 cm³/mol. The van der Waals surface area contributed by atoms with E-state index < -0.39 is 17.5 Å². The van der Waals surface area contributed by atoms with Crippen LogP contribution in [0.2, 0.25) is 0 Å². The summed E-state index contributed by atoms with van der Waals surface area (Å²) in [4.78, 5) is 13.8. The molecule has 0 amide bonds. The van der Waals surface area contributed by atoms with Gasteiger partial charge in [0, 0.05) is 19.8 Å². The molecular weight excluding hydrogens is 436 g/mol. The van der Waals surface area contributed by atoms with Gasteiger partial charge in [0.05, 0.1) is 29.8 Å². The fourth-order valence-corrected chi connectivity index (χ4v) is 4.42. The van der Waals surface area contributed by atoms with Gasteiger partial charge in [-0.05, 0) is 64.3 Å². The van der Waals surface area contributed by atoms with Crippen molar-refractivity contribution in [3.05, 3.63) is 57.7 Å². The third kappa shape index (κ3) is 4.50. The maximum atomic E-state index is 13.8. The van der Waals surface area contributed by atoms with Crippen LogP contribution in [0.1, 0.15) is 66.4 Å². The van der Waals surface area contributed by atoms with Crippen molar-refractivity contribution >= 4 is 5.78 Å². The highest BCUT2D eigenvalue weighted by Gasteiger charge is 2.45. The molecule has 7 heteroatoms. The van der Waals surface area contributed by atoms with Crippen molar-refractivity contribution in [2.45, 2.75) is 52.7 Å². The van der Waals surface area contributed by atoms with Crippen molar-refractivity contribution in [2.24, 2.45) is 5.92 Å². The molecule has 34 heavy (non-hydrogen) atoms. The Hall–Kier alpha value is -3.03. The van der Waals surface area contributed by atoms with Gasteiger partial charge in [-0.3, -0.25) is 4.79 Å². The molecule has 1 aliphatic heterocycles. The van der Waals surface area contributed by atoms with Crippen molar-refractivity contribution in [3.8, 4) is 23.0 Å². The molecule has 0 aromatic heterocycles. The molecule has 2 atom stereocenters. The second kappa shape index (κ2) is 9.68. The number of hydrogen-bond acceptors (Lipinski definition) is 7. The Kier molecular flexibility index (Phi) is 7.29. The molecule has 0 radical (unpaired) electrons. The number of methoxy groups -OCH3 is 2. The monoisotopic (exact) mass is 470 g/mol. The van der Waals surface area contributed by atoms with E-state index in [2.05, 4.69) is 0 Å². The number of ether oxygens (including phenoxy) is 3. The van der Waals surface area contributed by atoms with Crippen LogP contribution in [0, 0.1) is 12.8 Å². The SMILES string of the molecule is COC1c2c(c(C)cc(O)c2C(=O)c2c(O)ccc(CC=C(C)C)c2O)OCC1C(C)(C)OC. The number of benzene rings is 2. The molecule has 7 nitrogen and oxygen atoms in total. The predicted octanol–water partition coefficient (Wildman–Crippen LogP) is 4.97. The van der Waals surface area contributed by atoms with Gasteiger partial charge in [-0.1, -0.05) is 17.7 Å². The summed E-state index contributed by atoms with van der Waals surface area (Å²) in [5.41, 5.74) is 1.55. The quantitative estimate of drug-likeness (QED) is 0.387. The van der Waals surface area contributed by atoms with Gasteiger partial charge < -0.3 is 29.5 Å².